The summed E-state index contributed by atoms with van der Waals surface area (Å²) in [6.07, 6.45) is 3.61. The Morgan fingerprint density at radius 2 is 1.71 bits per heavy atom. The summed E-state index contributed by atoms with van der Waals surface area (Å²) in [5, 5.41) is 6.35. The average Bonchev–Trinajstić information content (AvgIpc) is 2.79. The van der Waals surface area contributed by atoms with Gasteiger partial charge in [-0.15, -0.1) is 0 Å². The van der Waals surface area contributed by atoms with Crippen molar-refractivity contribution in [1.82, 2.24) is 10.2 Å². The third-order valence-electron chi connectivity index (χ3n) is 5.41. The highest BCUT2D eigenvalue weighted by molar-refractivity contribution is 6.30. The predicted octanol–water partition coefficient (Wildman–Crippen LogP) is 4.36. The molecule has 31 heavy (non-hydrogen) atoms. The molecule has 1 saturated heterocycles. The van der Waals surface area contributed by atoms with Crippen LogP contribution in [0.5, 0.6) is 0 Å². The van der Waals surface area contributed by atoms with Gasteiger partial charge in [-0.3, -0.25) is 14.4 Å². The minimum absolute atomic E-state index is 0.0335. The number of nitrogens with zero attached hydrogens (tertiary/aromatic N) is 1. The molecule has 0 spiro atoms. The monoisotopic (exact) mass is 441 g/mol. The smallest absolute Gasteiger partial charge is 0.255 e. The lowest BCUT2D eigenvalue weighted by Crippen LogP contribution is -2.45. The minimum Gasteiger partial charge on any atom is -0.356 e. The number of halogens is 1. The summed E-state index contributed by atoms with van der Waals surface area (Å²) in [5.74, 6) is -0.468. The van der Waals surface area contributed by atoms with Gasteiger partial charge in [-0.2, -0.15) is 0 Å². The zero-order chi connectivity index (χ0) is 22.2. The van der Waals surface area contributed by atoms with Gasteiger partial charge in [0.25, 0.3) is 11.8 Å². The maximum Gasteiger partial charge on any atom is 0.255 e. The van der Waals surface area contributed by atoms with Crippen molar-refractivity contribution in [2.75, 3.05) is 25.0 Å². The third kappa shape index (κ3) is 6.31. The van der Waals surface area contributed by atoms with Gasteiger partial charge in [0.1, 0.15) is 0 Å². The second-order valence-corrected chi connectivity index (χ2v) is 8.21. The van der Waals surface area contributed by atoms with Crippen LogP contribution in [0.25, 0.3) is 0 Å². The Bertz CT molecular complexity index is 913. The molecule has 1 fully saturated rings. The number of carbonyl (C=O) groups excluding carboxylic acids is 3. The number of benzene rings is 2. The second-order valence-electron chi connectivity index (χ2n) is 7.77. The standard InChI is InChI=1S/C24H28ClN3O3/c1-2-3-14-26-22(29)19-5-4-15-28(16-19)24(31)18-8-12-21(13-9-18)27-23(30)17-6-10-20(25)11-7-17/h6-13,19H,2-5,14-16H2,1H3,(H,26,29)(H,27,30)/t19-/m1/s1. The van der Waals surface area contributed by atoms with Crippen molar-refractivity contribution < 1.29 is 14.4 Å². The van der Waals surface area contributed by atoms with E-state index in [9.17, 15) is 14.4 Å². The van der Waals surface area contributed by atoms with Gasteiger partial charge in [-0.1, -0.05) is 24.9 Å². The van der Waals surface area contributed by atoms with E-state index in [4.69, 9.17) is 11.6 Å². The number of piperidine rings is 1. The van der Waals surface area contributed by atoms with Crippen molar-refractivity contribution >= 4 is 35.0 Å². The van der Waals surface area contributed by atoms with Crippen LogP contribution in [0.4, 0.5) is 5.69 Å². The summed E-state index contributed by atoms with van der Waals surface area (Å²) in [6, 6.07) is 13.4. The van der Waals surface area contributed by atoms with E-state index in [0.717, 1.165) is 25.7 Å². The Morgan fingerprint density at radius 1 is 1.03 bits per heavy atom. The van der Waals surface area contributed by atoms with E-state index in [1.807, 2.05) is 0 Å². The fourth-order valence-corrected chi connectivity index (χ4v) is 3.72. The summed E-state index contributed by atoms with van der Waals surface area (Å²) >= 11 is 5.85. The Labute approximate surface area is 188 Å². The molecule has 0 bridgehead atoms. The number of likely N-dealkylation sites (tertiary alicyclic amines) is 1. The lowest BCUT2D eigenvalue weighted by molar-refractivity contribution is -0.126. The fraction of sp³-hybridized carbons (Fsp3) is 0.375. The summed E-state index contributed by atoms with van der Waals surface area (Å²) in [7, 11) is 0. The van der Waals surface area contributed by atoms with Gasteiger partial charge in [-0.25, -0.2) is 0 Å². The first-order chi connectivity index (χ1) is 15.0. The van der Waals surface area contributed by atoms with Crippen molar-refractivity contribution in [3.05, 3.63) is 64.7 Å². The van der Waals surface area contributed by atoms with Gasteiger partial charge in [0.05, 0.1) is 5.92 Å². The van der Waals surface area contributed by atoms with Gasteiger partial charge < -0.3 is 15.5 Å². The van der Waals surface area contributed by atoms with Crippen LogP contribution < -0.4 is 10.6 Å². The Hall–Kier alpha value is -2.86. The first-order valence-corrected chi connectivity index (χ1v) is 11.1. The summed E-state index contributed by atoms with van der Waals surface area (Å²) in [4.78, 5) is 39.3. The maximum absolute atomic E-state index is 12.9. The molecular formula is C24H28ClN3O3. The number of carbonyl (C=O) groups is 3. The van der Waals surface area contributed by atoms with Gasteiger partial charge in [0, 0.05) is 41.5 Å². The quantitative estimate of drug-likeness (QED) is 0.626. The molecule has 0 aliphatic carbocycles. The number of nitrogens with one attached hydrogen (secondary N) is 2. The van der Waals surface area contributed by atoms with Gasteiger partial charge >= 0.3 is 0 Å². The van der Waals surface area contributed by atoms with Crippen LogP contribution in [0.2, 0.25) is 5.02 Å². The van der Waals surface area contributed by atoms with E-state index in [0.29, 0.717) is 41.5 Å². The third-order valence-corrected chi connectivity index (χ3v) is 5.66. The highest BCUT2D eigenvalue weighted by Gasteiger charge is 2.28. The van der Waals surface area contributed by atoms with Gasteiger partial charge in [-0.05, 0) is 67.8 Å². The summed E-state index contributed by atoms with van der Waals surface area (Å²) in [6.45, 7) is 3.85. The molecule has 164 valence electrons. The lowest BCUT2D eigenvalue weighted by Gasteiger charge is -2.32. The van der Waals surface area contributed by atoms with Crippen LogP contribution >= 0.6 is 11.6 Å². The molecule has 1 atom stereocenters. The van der Waals surface area contributed by atoms with Crippen LogP contribution in [-0.4, -0.2) is 42.3 Å². The first-order valence-electron chi connectivity index (χ1n) is 10.7. The fourth-order valence-electron chi connectivity index (χ4n) is 3.59. The molecule has 2 aromatic rings. The molecule has 0 aromatic heterocycles. The Morgan fingerprint density at radius 3 is 2.39 bits per heavy atom. The van der Waals surface area contributed by atoms with E-state index in [-0.39, 0.29) is 23.6 Å². The highest BCUT2D eigenvalue weighted by atomic mass is 35.5. The molecule has 2 aromatic carbocycles. The molecule has 3 rings (SSSR count). The van der Waals surface area contributed by atoms with Crippen LogP contribution in [0.3, 0.4) is 0 Å². The molecule has 0 saturated carbocycles. The van der Waals surface area contributed by atoms with Crippen LogP contribution in [0, 0.1) is 5.92 Å². The predicted molar refractivity (Wildman–Crippen MR) is 122 cm³/mol. The summed E-state index contributed by atoms with van der Waals surface area (Å²) < 4.78 is 0. The molecule has 6 nitrogen and oxygen atoms in total. The van der Waals surface area contributed by atoms with Crippen molar-refractivity contribution in [3.8, 4) is 0 Å². The van der Waals surface area contributed by atoms with E-state index in [2.05, 4.69) is 17.6 Å². The largest absolute Gasteiger partial charge is 0.356 e. The molecule has 1 heterocycles. The van der Waals surface area contributed by atoms with Crippen molar-refractivity contribution in [1.29, 1.82) is 0 Å². The maximum atomic E-state index is 12.9. The number of hydrogen-bond donors (Lipinski definition) is 2. The molecular weight excluding hydrogens is 414 g/mol. The lowest BCUT2D eigenvalue weighted by atomic mass is 9.96. The normalized spacial score (nSPS) is 15.9. The number of amides is 3. The minimum atomic E-state index is -0.247. The van der Waals surface area contributed by atoms with E-state index < -0.39 is 0 Å². The molecule has 3 amide bonds. The Balaban J connectivity index is 1.57. The second kappa shape index (κ2) is 11.0. The molecule has 2 N–H and O–H groups in total. The van der Waals surface area contributed by atoms with E-state index in [1.54, 1.807) is 53.4 Å². The van der Waals surface area contributed by atoms with Crippen LogP contribution in [-0.2, 0) is 4.79 Å². The van der Waals surface area contributed by atoms with Crippen molar-refractivity contribution in [3.63, 3.8) is 0 Å². The first kappa shape index (κ1) is 22.8. The number of anilines is 1. The van der Waals surface area contributed by atoms with Crippen molar-refractivity contribution in [2.24, 2.45) is 5.92 Å². The summed E-state index contributed by atoms with van der Waals surface area (Å²) in [5.41, 5.74) is 1.64. The van der Waals surface area contributed by atoms with Crippen LogP contribution in [0.15, 0.2) is 48.5 Å². The number of hydrogen-bond acceptors (Lipinski definition) is 3. The number of rotatable bonds is 7. The van der Waals surface area contributed by atoms with E-state index in [1.165, 1.54) is 0 Å². The average molecular weight is 442 g/mol. The highest BCUT2D eigenvalue weighted by Crippen LogP contribution is 2.20. The molecule has 0 unspecified atom stereocenters. The number of unbranched alkanes of at least 4 members (excludes halogenated alkanes) is 1. The van der Waals surface area contributed by atoms with Gasteiger partial charge in [0.2, 0.25) is 5.91 Å². The van der Waals surface area contributed by atoms with Gasteiger partial charge in [0.15, 0.2) is 0 Å². The SMILES string of the molecule is CCCCNC(=O)[C@@H]1CCCN(C(=O)c2ccc(NC(=O)c3ccc(Cl)cc3)cc2)C1. The zero-order valence-corrected chi connectivity index (χ0v) is 18.5. The Kier molecular flexibility index (Phi) is 8.06. The molecule has 7 heteroatoms. The molecule has 1 aliphatic rings. The topological polar surface area (TPSA) is 78.5 Å². The zero-order valence-electron chi connectivity index (χ0n) is 17.7. The van der Waals surface area contributed by atoms with E-state index >= 15 is 0 Å². The molecule has 0 radical (unpaired) electrons. The van der Waals surface area contributed by atoms with Crippen molar-refractivity contribution in [2.45, 2.75) is 32.6 Å². The van der Waals surface area contributed by atoms with Crippen LogP contribution in [0.1, 0.15) is 53.3 Å². The molecule has 1 aliphatic heterocycles.